The summed E-state index contributed by atoms with van der Waals surface area (Å²) in [5.74, 6) is -0.968. The zero-order valence-corrected chi connectivity index (χ0v) is 11.3. The van der Waals surface area contributed by atoms with Crippen LogP contribution in [-0.2, 0) is 9.53 Å². The van der Waals surface area contributed by atoms with Crippen LogP contribution in [0.1, 0.15) is 6.23 Å². The predicted octanol–water partition coefficient (Wildman–Crippen LogP) is -3.82. The highest BCUT2D eigenvalue weighted by molar-refractivity contribution is 5.68. The second-order valence-electron chi connectivity index (χ2n) is 4.34. The number of nitrogens with zero attached hydrogens (tertiary/aromatic N) is 1. The van der Waals surface area contributed by atoms with Crippen molar-refractivity contribution < 1.29 is 30.0 Å². The second kappa shape index (κ2) is 7.82. The van der Waals surface area contributed by atoms with Gasteiger partial charge in [0.05, 0.1) is 13.2 Å². The van der Waals surface area contributed by atoms with Gasteiger partial charge >= 0.3 is 11.7 Å². The minimum Gasteiger partial charge on any atom is -0.480 e. The molecule has 1 aromatic rings. The molecule has 1 aliphatic heterocycles. The molecule has 0 bridgehead atoms. The number of hydrogen-bond donors (Lipinski definition) is 6. The highest BCUT2D eigenvalue weighted by Crippen LogP contribution is 2.27. The molecule has 124 valence electrons. The summed E-state index contributed by atoms with van der Waals surface area (Å²) in [7, 11) is 0. The molecule has 1 aromatic heterocycles. The lowest BCUT2D eigenvalue weighted by molar-refractivity contribution is -0.135. The molecular formula is C11H17N3O8. The molecule has 22 heavy (non-hydrogen) atoms. The van der Waals surface area contributed by atoms with Crippen LogP contribution in [0.5, 0.6) is 0 Å². The summed E-state index contributed by atoms with van der Waals surface area (Å²) in [5.41, 5.74) is 3.24. The molecule has 11 heteroatoms. The topological polar surface area (TPSA) is 188 Å². The van der Waals surface area contributed by atoms with E-state index in [9.17, 15) is 24.6 Å². The Bertz CT molecular complexity index is 612. The molecule has 1 aliphatic rings. The van der Waals surface area contributed by atoms with E-state index in [-0.39, 0.29) is 6.54 Å². The van der Waals surface area contributed by atoms with Gasteiger partial charge in [0.25, 0.3) is 5.56 Å². The molecule has 0 unspecified atom stereocenters. The monoisotopic (exact) mass is 319 g/mol. The van der Waals surface area contributed by atoms with E-state index in [0.29, 0.717) is 0 Å². The number of hydrogen-bond acceptors (Lipinski definition) is 8. The maximum atomic E-state index is 11.4. The van der Waals surface area contributed by atoms with Crippen molar-refractivity contribution in [2.24, 2.45) is 5.73 Å². The van der Waals surface area contributed by atoms with E-state index < -0.39 is 48.4 Å². The molecule has 11 nitrogen and oxygen atoms in total. The highest BCUT2D eigenvalue weighted by Gasteiger charge is 2.43. The van der Waals surface area contributed by atoms with Crippen LogP contribution in [0.4, 0.5) is 0 Å². The van der Waals surface area contributed by atoms with Crippen molar-refractivity contribution in [3.63, 3.8) is 0 Å². The van der Waals surface area contributed by atoms with Crippen LogP contribution in [0.15, 0.2) is 21.9 Å². The zero-order valence-electron chi connectivity index (χ0n) is 11.3. The van der Waals surface area contributed by atoms with Crippen LogP contribution in [0.2, 0.25) is 0 Å². The van der Waals surface area contributed by atoms with Crippen molar-refractivity contribution in [3.05, 3.63) is 33.1 Å². The Labute approximate surface area is 123 Å². The third-order valence-electron chi connectivity index (χ3n) is 2.82. The van der Waals surface area contributed by atoms with Gasteiger partial charge in [-0.05, 0) is 0 Å². The van der Waals surface area contributed by atoms with Gasteiger partial charge in [-0.2, -0.15) is 0 Å². The summed E-state index contributed by atoms with van der Waals surface area (Å²) in [6.07, 6.45) is -3.58. The number of aromatic nitrogens is 2. The van der Waals surface area contributed by atoms with Crippen LogP contribution >= 0.6 is 0 Å². The van der Waals surface area contributed by atoms with Crippen LogP contribution in [0.25, 0.3) is 0 Å². The molecule has 4 atom stereocenters. The number of carboxylic acids is 1. The largest absolute Gasteiger partial charge is 0.480 e. The average molecular weight is 319 g/mol. The van der Waals surface area contributed by atoms with Gasteiger partial charge < -0.3 is 30.9 Å². The fraction of sp³-hybridized carbons (Fsp3) is 0.545. The van der Waals surface area contributed by atoms with Gasteiger partial charge in [-0.15, -0.1) is 0 Å². The third kappa shape index (κ3) is 4.22. The number of aromatic amines is 1. The Morgan fingerprint density at radius 3 is 2.36 bits per heavy atom. The Morgan fingerprint density at radius 1 is 1.36 bits per heavy atom. The number of aliphatic carboxylic acids is 1. The minimum atomic E-state index is -1.35. The first-order valence-corrected chi connectivity index (χ1v) is 6.17. The van der Waals surface area contributed by atoms with Gasteiger partial charge in [0.1, 0.15) is 18.3 Å². The van der Waals surface area contributed by atoms with Gasteiger partial charge in [0.15, 0.2) is 6.23 Å². The molecule has 0 spiro atoms. The second-order valence-corrected chi connectivity index (χ2v) is 4.34. The van der Waals surface area contributed by atoms with Gasteiger partial charge in [-0.25, -0.2) is 4.79 Å². The predicted molar refractivity (Wildman–Crippen MR) is 71.0 cm³/mol. The lowest BCUT2D eigenvalue weighted by Crippen LogP contribution is -2.37. The third-order valence-corrected chi connectivity index (χ3v) is 2.82. The van der Waals surface area contributed by atoms with Crippen molar-refractivity contribution in [1.29, 1.82) is 0 Å². The molecule has 0 saturated carbocycles. The summed E-state index contributed by atoms with van der Waals surface area (Å²) in [5, 5.41) is 35.7. The van der Waals surface area contributed by atoms with Gasteiger partial charge in [-0.3, -0.25) is 19.1 Å². The van der Waals surface area contributed by atoms with E-state index >= 15 is 0 Å². The molecule has 0 amide bonds. The van der Waals surface area contributed by atoms with Crippen LogP contribution < -0.4 is 17.0 Å². The summed E-state index contributed by atoms with van der Waals surface area (Å²) in [6.45, 7) is -0.757. The maximum Gasteiger partial charge on any atom is 0.330 e. The van der Waals surface area contributed by atoms with E-state index in [2.05, 4.69) is 5.73 Å². The van der Waals surface area contributed by atoms with E-state index in [1.165, 1.54) is 0 Å². The summed E-state index contributed by atoms with van der Waals surface area (Å²) in [6, 6.07) is 1.09. The lowest BCUT2D eigenvalue weighted by atomic mass is 10.1. The zero-order chi connectivity index (χ0) is 16.9. The first-order valence-electron chi connectivity index (χ1n) is 6.17. The number of aliphatic hydroxyl groups excluding tert-OH is 3. The maximum absolute atomic E-state index is 11.4. The molecule has 1 saturated heterocycles. The minimum absolute atomic E-state index is 0.278. The number of rotatable bonds is 3. The van der Waals surface area contributed by atoms with Crippen LogP contribution in [-0.4, -0.2) is 67.4 Å². The van der Waals surface area contributed by atoms with E-state index in [0.717, 1.165) is 16.8 Å². The Balaban J connectivity index is 0.000000422. The SMILES string of the molecule is NCC(=O)O.O=c1ccn([C@@H]2O[C@H](CO)[C@@H](O)[C@H]2O)c(=O)[nH]1. The standard InChI is InChI=1S/C9H12N2O6.C2H5NO2/c12-3-4-6(14)7(15)8(17-4)11-2-1-5(13)10-9(11)16;3-1-2(4)5/h1-2,4,6-8,12,14-15H,3H2,(H,10,13,16);1,3H2,(H,4,5)/t4-,6-,7-,8-;/m1./s1. The van der Waals surface area contributed by atoms with E-state index in [1.54, 1.807) is 0 Å². The summed E-state index contributed by atoms with van der Waals surface area (Å²) in [4.78, 5) is 33.6. The molecular weight excluding hydrogens is 302 g/mol. The van der Waals surface area contributed by atoms with Crippen molar-refractivity contribution in [2.45, 2.75) is 24.5 Å². The number of carboxylic acid groups (broad SMARTS) is 1. The number of ether oxygens (including phenoxy) is 1. The lowest BCUT2D eigenvalue weighted by Gasteiger charge is -2.16. The Kier molecular flexibility index (Phi) is 6.39. The molecule has 0 aromatic carbocycles. The molecule has 0 radical (unpaired) electrons. The molecule has 0 aliphatic carbocycles. The normalized spacial score (nSPS) is 27.1. The quantitative estimate of drug-likeness (QED) is 0.324. The summed E-state index contributed by atoms with van der Waals surface area (Å²) >= 11 is 0. The first kappa shape index (κ1) is 18.0. The average Bonchev–Trinajstić information content (AvgIpc) is 2.76. The molecule has 2 heterocycles. The van der Waals surface area contributed by atoms with Crippen molar-refractivity contribution >= 4 is 5.97 Å². The van der Waals surface area contributed by atoms with Crippen molar-refractivity contribution in [2.75, 3.05) is 13.2 Å². The van der Waals surface area contributed by atoms with Crippen LogP contribution in [0.3, 0.4) is 0 Å². The van der Waals surface area contributed by atoms with E-state index in [4.69, 9.17) is 14.9 Å². The fourth-order valence-corrected chi connectivity index (χ4v) is 1.74. The van der Waals surface area contributed by atoms with Crippen molar-refractivity contribution in [3.8, 4) is 0 Å². The smallest absolute Gasteiger partial charge is 0.330 e. The van der Waals surface area contributed by atoms with Gasteiger partial charge in [0.2, 0.25) is 0 Å². The molecule has 7 N–H and O–H groups in total. The van der Waals surface area contributed by atoms with E-state index in [1.807, 2.05) is 4.98 Å². The number of H-pyrrole nitrogens is 1. The number of carbonyl (C=O) groups is 1. The Morgan fingerprint density at radius 2 is 1.95 bits per heavy atom. The molecule has 2 rings (SSSR count). The Hall–Kier alpha value is -2.05. The van der Waals surface area contributed by atoms with Crippen molar-refractivity contribution in [1.82, 2.24) is 9.55 Å². The van der Waals surface area contributed by atoms with Gasteiger partial charge in [0, 0.05) is 12.3 Å². The first-order chi connectivity index (χ1) is 10.3. The summed E-state index contributed by atoms with van der Waals surface area (Å²) < 4.78 is 6.08. The fourth-order valence-electron chi connectivity index (χ4n) is 1.74. The van der Waals surface area contributed by atoms with Crippen LogP contribution in [0, 0.1) is 0 Å². The van der Waals surface area contributed by atoms with Gasteiger partial charge in [-0.1, -0.05) is 0 Å². The number of nitrogens with two attached hydrogens (primary N) is 1. The number of nitrogens with one attached hydrogen (secondary N) is 1. The molecule has 1 fully saturated rings. The highest BCUT2D eigenvalue weighted by atomic mass is 16.6. The number of aliphatic hydroxyl groups is 3.